The first-order valence-electron chi connectivity index (χ1n) is 36.4. The van der Waals surface area contributed by atoms with Gasteiger partial charge < -0.3 is 50.5 Å². The summed E-state index contributed by atoms with van der Waals surface area (Å²) in [6.45, 7) is 3.49. The van der Waals surface area contributed by atoms with Crippen molar-refractivity contribution in [1.82, 2.24) is 5.32 Å². The summed E-state index contributed by atoms with van der Waals surface area (Å²) in [6, 6.07) is -1.19. The highest BCUT2D eigenvalue weighted by molar-refractivity contribution is 5.80. The van der Waals surface area contributed by atoms with E-state index in [4.69, 9.17) is 9.47 Å². The van der Waals surface area contributed by atoms with Crippen LogP contribution in [0.5, 0.6) is 0 Å². The van der Waals surface area contributed by atoms with Crippen LogP contribution in [0.4, 0.5) is 0 Å². The van der Waals surface area contributed by atoms with Gasteiger partial charge in [-0.05, 0) is 77.0 Å². The second-order valence-electron chi connectivity index (χ2n) is 25.6. The largest absolute Gasteiger partial charge is 0.394 e. The Labute approximate surface area is 517 Å². The van der Waals surface area contributed by atoms with Crippen molar-refractivity contribution < 1.29 is 50.0 Å². The third kappa shape index (κ3) is 48.3. The molecule has 1 rings (SSSR count). The smallest absolute Gasteiger partial charge is 0.249 e. The molecule has 9 unspecified atom stereocenters. The molecule has 0 spiro atoms. The second kappa shape index (κ2) is 61.6. The Hall–Kier alpha value is -1.67. The van der Waals surface area contributed by atoms with Gasteiger partial charge in [0, 0.05) is 0 Å². The summed E-state index contributed by atoms with van der Waals surface area (Å²) in [5, 5.41) is 76.5. The molecule has 0 aromatic rings. The third-order valence-corrected chi connectivity index (χ3v) is 17.6. The minimum atomic E-state index is -1.67. The Morgan fingerprint density at radius 1 is 0.405 bits per heavy atom. The van der Waals surface area contributed by atoms with E-state index in [0.29, 0.717) is 19.3 Å². The molecule has 11 nitrogen and oxygen atoms in total. The number of nitrogens with one attached hydrogen (secondary N) is 1. The zero-order valence-corrected chi connectivity index (χ0v) is 54.9. The van der Waals surface area contributed by atoms with E-state index in [2.05, 4.69) is 55.6 Å². The first-order valence-corrected chi connectivity index (χ1v) is 36.4. The minimum Gasteiger partial charge on any atom is -0.394 e. The van der Waals surface area contributed by atoms with E-state index < -0.39 is 74.2 Å². The number of ether oxygens (including phenoxy) is 2. The van der Waals surface area contributed by atoms with Crippen molar-refractivity contribution in [2.45, 2.75) is 409 Å². The Kier molecular flexibility index (Phi) is 58.9. The number of aliphatic hydroxyl groups excluding tert-OH is 7. The summed E-state index contributed by atoms with van der Waals surface area (Å²) in [4.78, 5) is 13.2. The highest BCUT2D eigenvalue weighted by Gasteiger charge is 2.44. The van der Waals surface area contributed by atoms with Crippen LogP contribution in [0, 0.1) is 0 Å². The predicted molar refractivity (Wildman–Crippen MR) is 353 cm³/mol. The molecule has 1 heterocycles. The van der Waals surface area contributed by atoms with Gasteiger partial charge in [0.05, 0.1) is 25.4 Å². The lowest BCUT2D eigenvalue weighted by Gasteiger charge is -2.40. The highest BCUT2D eigenvalue weighted by atomic mass is 16.7. The van der Waals surface area contributed by atoms with Crippen molar-refractivity contribution in [1.29, 1.82) is 0 Å². The normalized spacial score (nSPS) is 19.1. The van der Waals surface area contributed by atoms with Gasteiger partial charge in [-0.25, -0.2) is 0 Å². The maximum Gasteiger partial charge on any atom is 0.249 e. The van der Waals surface area contributed by atoms with Crippen LogP contribution in [0.25, 0.3) is 0 Å². The number of unbranched alkanes of at least 4 members (excludes halogenated alkanes) is 46. The Morgan fingerprint density at radius 2 is 0.714 bits per heavy atom. The monoisotopic (exact) mass is 1190 g/mol. The van der Waals surface area contributed by atoms with Gasteiger partial charge in [0.2, 0.25) is 5.91 Å². The van der Waals surface area contributed by atoms with Gasteiger partial charge >= 0.3 is 0 Å². The summed E-state index contributed by atoms with van der Waals surface area (Å²) < 4.78 is 11.2. The van der Waals surface area contributed by atoms with Crippen LogP contribution in [-0.4, -0.2) is 110 Å². The van der Waals surface area contributed by atoms with Crippen LogP contribution in [0.1, 0.15) is 354 Å². The molecule has 0 radical (unpaired) electrons. The van der Waals surface area contributed by atoms with Crippen molar-refractivity contribution in [2.75, 3.05) is 13.2 Å². The molecule has 1 aliphatic heterocycles. The number of amides is 1. The molecule has 11 heteroatoms. The zero-order chi connectivity index (χ0) is 61.0. The molecule has 84 heavy (non-hydrogen) atoms. The number of allylic oxidation sites excluding steroid dienone is 6. The number of carbonyl (C=O) groups excluding carboxylic acids is 1. The van der Waals surface area contributed by atoms with Crippen molar-refractivity contribution in [3.05, 3.63) is 36.5 Å². The Bertz CT molecular complexity index is 1460. The van der Waals surface area contributed by atoms with E-state index in [-0.39, 0.29) is 12.8 Å². The first kappa shape index (κ1) is 80.3. The van der Waals surface area contributed by atoms with Crippen molar-refractivity contribution in [3.63, 3.8) is 0 Å². The van der Waals surface area contributed by atoms with E-state index in [1.54, 1.807) is 0 Å². The quantitative estimate of drug-likeness (QED) is 0.0215. The summed E-state index contributed by atoms with van der Waals surface area (Å²) in [5.41, 5.74) is 0. The van der Waals surface area contributed by atoms with E-state index in [0.717, 1.165) is 38.5 Å². The van der Waals surface area contributed by atoms with Gasteiger partial charge in [0.25, 0.3) is 0 Å². The van der Waals surface area contributed by atoms with E-state index in [1.807, 2.05) is 0 Å². The first-order chi connectivity index (χ1) is 41.2. The molecule has 1 fully saturated rings. The standard InChI is InChI=1S/C73H139NO10/c1-3-5-7-9-11-13-15-17-19-21-23-25-27-29-30-31-32-33-34-35-37-38-40-42-44-46-48-50-52-54-56-58-60-65(76)68(78)64(63-83-73-71(81)70(80)69(79)67(62-75)84-73)74-72(82)66(77)61-59-57-55-53-51-49-47-45-43-41-39-36-28-26-24-22-20-18-16-14-12-10-8-6-4-2/h36,39,44,46,52,54,64-71,73,75-81H,3-35,37-38,40-43,45,47-51,53,55-63H2,1-2H3,(H,74,82)/b39-36-,46-44+,54-52+. The number of carbonyl (C=O) groups is 1. The summed E-state index contributed by atoms with van der Waals surface area (Å²) in [5.74, 6) is -0.707. The van der Waals surface area contributed by atoms with Gasteiger partial charge in [-0.15, -0.1) is 0 Å². The SMILES string of the molecule is CCCCCCCCCCCCCC/C=C\CCCCCCCCCCCC(O)C(=O)NC(COC1OC(CO)C(O)C(O)C1O)C(O)C(O)CCC/C=C/CC/C=C/CCCCCCCCCCCCCCCCCCCCCCCCC. The number of aliphatic hydroxyl groups is 7. The molecular weight excluding hydrogens is 1050 g/mol. The maximum atomic E-state index is 13.2. The summed E-state index contributed by atoms with van der Waals surface area (Å²) in [7, 11) is 0. The molecule has 0 saturated carbocycles. The van der Waals surface area contributed by atoms with Gasteiger partial charge in [-0.1, -0.05) is 314 Å². The lowest BCUT2D eigenvalue weighted by molar-refractivity contribution is -0.303. The molecule has 0 aromatic heterocycles. The van der Waals surface area contributed by atoms with E-state index in [1.165, 1.54) is 270 Å². The van der Waals surface area contributed by atoms with Crippen LogP contribution >= 0.6 is 0 Å². The molecule has 0 aliphatic carbocycles. The molecule has 1 amide bonds. The van der Waals surface area contributed by atoms with Crippen LogP contribution in [-0.2, 0) is 14.3 Å². The highest BCUT2D eigenvalue weighted by Crippen LogP contribution is 2.24. The van der Waals surface area contributed by atoms with E-state index in [9.17, 15) is 40.5 Å². The van der Waals surface area contributed by atoms with Gasteiger partial charge in [0.1, 0.15) is 36.6 Å². The molecule has 496 valence electrons. The second-order valence-corrected chi connectivity index (χ2v) is 25.6. The minimum absolute atomic E-state index is 0.247. The number of hydrogen-bond donors (Lipinski definition) is 8. The lowest BCUT2D eigenvalue weighted by Crippen LogP contribution is -2.60. The van der Waals surface area contributed by atoms with Gasteiger partial charge in [0.15, 0.2) is 6.29 Å². The van der Waals surface area contributed by atoms with Crippen molar-refractivity contribution >= 4 is 5.91 Å². The predicted octanol–water partition coefficient (Wildman–Crippen LogP) is 17.8. The van der Waals surface area contributed by atoms with E-state index >= 15 is 0 Å². The third-order valence-electron chi connectivity index (χ3n) is 17.6. The molecule has 1 saturated heterocycles. The maximum absolute atomic E-state index is 13.2. The van der Waals surface area contributed by atoms with Crippen LogP contribution in [0.15, 0.2) is 36.5 Å². The molecule has 9 atom stereocenters. The van der Waals surface area contributed by atoms with Crippen LogP contribution in [0.3, 0.4) is 0 Å². The average molecular weight is 1190 g/mol. The lowest BCUT2D eigenvalue weighted by atomic mass is 9.98. The molecule has 0 bridgehead atoms. The molecule has 0 aromatic carbocycles. The fourth-order valence-corrected chi connectivity index (χ4v) is 11.8. The van der Waals surface area contributed by atoms with Crippen molar-refractivity contribution in [3.8, 4) is 0 Å². The Balaban J connectivity index is 2.21. The molecular formula is C73H139NO10. The van der Waals surface area contributed by atoms with Crippen LogP contribution in [0.2, 0.25) is 0 Å². The Morgan fingerprint density at radius 3 is 1.06 bits per heavy atom. The van der Waals surface area contributed by atoms with Crippen molar-refractivity contribution in [2.24, 2.45) is 0 Å². The van der Waals surface area contributed by atoms with Gasteiger partial charge in [-0.3, -0.25) is 4.79 Å². The fourth-order valence-electron chi connectivity index (χ4n) is 11.8. The number of hydrogen-bond acceptors (Lipinski definition) is 10. The average Bonchev–Trinajstić information content (AvgIpc) is 3.66. The van der Waals surface area contributed by atoms with Crippen LogP contribution < -0.4 is 5.32 Å². The summed E-state index contributed by atoms with van der Waals surface area (Å²) in [6.07, 6.45) is 68.1. The zero-order valence-electron chi connectivity index (χ0n) is 54.9. The number of rotatable bonds is 64. The topological polar surface area (TPSA) is 189 Å². The summed E-state index contributed by atoms with van der Waals surface area (Å²) >= 11 is 0. The molecule has 1 aliphatic rings. The van der Waals surface area contributed by atoms with Gasteiger partial charge in [-0.2, -0.15) is 0 Å². The fraction of sp³-hybridized carbons (Fsp3) is 0.904. The molecule has 8 N–H and O–H groups in total.